The number of carbonyl (C=O) groups is 2. The highest BCUT2D eigenvalue weighted by molar-refractivity contribution is 6.02. The van der Waals surface area contributed by atoms with Gasteiger partial charge in [0, 0.05) is 30.9 Å². The molecule has 1 aromatic heterocycles. The van der Waals surface area contributed by atoms with Crippen LogP contribution in [-0.2, 0) is 4.79 Å². The standard InChI is InChI=1S/C19H23N3O4.ClH/c20-12-15-6-1-2-9-22(15)18(23)13-26-16-7-3-5-14(11-16)21-19(24)17-8-4-10-25-17;/h3-5,7-8,10-11,15H,1-2,6,9,12-13,20H2,(H,21,24);1H. The van der Waals surface area contributed by atoms with Gasteiger partial charge in [0.1, 0.15) is 5.75 Å². The Morgan fingerprint density at radius 2 is 2.11 bits per heavy atom. The van der Waals surface area contributed by atoms with Crippen molar-refractivity contribution < 1.29 is 18.7 Å². The van der Waals surface area contributed by atoms with E-state index in [9.17, 15) is 9.59 Å². The maximum atomic E-state index is 12.4. The van der Waals surface area contributed by atoms with Gasteiger partial charge in [-0.05, 0) is 43.5 Å². The molecule has 0 aliphatic carbocycles. The number of rotatable bonds is 6. The van der Waals surface area contributed by atoms with Crippen LogP contribution in [0.2, 0.25) is 0 Å². The molecule has 3 rings (SSSR count). The molecule has 1 aliphatic heterocycles. The summed E-state index contributed by atoms with van der Waals surface area (Å²) in [6.07, 6.45) is 4.48. The van der Waals surface area contributed by atoms with Crippen LogP contribution < -0.4 is 15.8 Å². The van der Waals surface area contributed by atoms with Gasteiger partial charge in [-0.2, -0.15) is 0 Å². The Kier molecular flexibility index (Phi) is 7.69. The second kappa shape index (κ2) is 9.99. The molecule has 3 N–H and O–H groups in total. The van der Waals surface area contributed by atoms with Crippen LogP contribution in [0.15, 0.2) is 47.1 Å². The van der Waals surface area contributed by atoms with Gasteiger partial charge in [-0.1, -0.05) is 6.07 Å². The van der Waals surface area contributed by atoms with E-state index in [4.69, 9.17) is 14.9 Å². The molecule has 7 nitrogen and oxygen atoms in total. The molecule has 2 heterocycles. The van der Waals surface area contributed by atoms with Gasteiger partial charge in [-0.25, -0.2) is 0 Å². The van der Waals surface area contributed by atoms with Crippen LogP contribution in [-0.4, -0.2) is 42.5 Å². The Hall–Kier alpha value is -2.51. The van der Waals surface area contributed by atoms with E-state index in [2.05, 4.69) is 5.32 Å². The van der Waals surface area contributed by atoms with E-state index in [-0.39, 0.29) is 42.6 Å². The summed E-state index contributed by atoms with van der Waals surface area (Å²) < 4.78 is 10.7. The number of benzene rings is 1. The quantitative estimate of drug-likeness (QED) is 0.786. The number of ether oxygens (including phenoxy) is 1. The summed E-state index contributed by atoms with van der Waals surface area (Å²) in [6, 6.07) is 10.2. The average molecular weight is 394 g/mol. The molecule has 27 heavy (non-hydrogen) atoms. The fourth-order valence-corrected chi connectivity index (χ4v) is 3.07. The van der Waals surface area contributed by atoms with Crippen molar-refractivity contribution in [1.29, 1.82) is 0 Å². The molecule has 8 heteroatoms. The van der Waals surface area contributed by atoms with Crippen LogP contribution in [0.25, 0.3) is 0 Å². The second-order valence-electron chi connectivity index (χ2n) is 6.22. The highest BCUT2D eigenvalue weighted by Gasteiger charge is 2.25. The van der Waals surface area contributed by atoms with Crippen LogP contribution in [0, 0.1) is 0 Å². The molecule has 0 radical (unpaired) electrons. The fourth-order valence-electron chi connectivity index (χ4n) is 3.07. The summed E-state index contributed by atoms with van der Waals surface area (Å²) in [5.41, 5.74) is 6.33. The third kappa shape index (κ3) is 5.48. The van der Waals surface area contributed by atoms with E-state index in [0.29, 0.717) is 18.0 Å². The Bertz CT molecular complexity index is 751. The topological polar surface area (TPSA) is 97.8 Å². The van der Waals surface area contributed by atoms with Crippen LogP contribution >= 0.6 is 12.4 Å². The number of hydrogen-bond donors (Lipinski definition) is 2. The molecule has 0 spiro atoms. The lowest BCUT2D eigenvalue weighted by molar-refractivity contribution is -0.136. The molecule has 2 aromatic rings. The number of likely N-dealkylation sites (tertiary alicyclic amines) is 1. The highest BCUT2D eigenvalue weighted by Crippen LogP contribution is 2.20. The SMILES string of the molecule is Cl.NCC1CCCCN1C(=O)COc1cccc(NC(=O)c2ccco2)c1. The molecular weight excluding hydrogens is 370 g/mol. The maximum Gasteiger partial charge on any atom is 0.291 e. The maximum absolute atomic E-state index is 12.4. The first-order valence-corrected chi connectivity index (χ1v) is 8.74. The minimum atomic E-state index is -0.345. The molecule has 2 amide bonds. The minimum absolute atomic E-state index is 0. The van der Waals surface area contributed by atoms with Gasteiger partial charge in [0.05, 0.1) is 6.26 Å². The monoisotopic (exact) mass is 393 g/mol. The number of furan rings is 1. The molecule has 1 saturated heterocycles. The lowest BCUT2D eigenvalue weighted by Gasteiger charge is -2.34. The van der Waals surface area contributed by atoms with Crippen molar-refractivity contribution in [2.75, 3.05) is 25.0 Å². The lowest BCUT2D eigenvalue weighted by atomic mass is 10.0. The molecule has 1 fully saturated rings. The van der Waals surface area contributed by atoms with Crippen molar-refractivity contribution in [2.24, 2.45) is 5.73 Å². The van der Waals surface area contributed by atoms with Gasteiger partial charge in [-0.3, -0.25) is 9.59 Å². The molecular formula is C19H24ClN3O4. The number of amides is 2. The average Bonchev–Trinajstić information content (AvgIpc) is 3.21. The number of nitrogens with zero attached hydrogens (tertiary/aromatic N) is 1. The first kappa shape index (κ1) is 20.8. The number of piperidine rings is 1. The summed E-state index contributed by atoms with van der Waals surface area (Å²) in [6.45, 7) is 1.15. The van der Waals surface area contributed by atoms with E-state index in [0.717, 1.165) is 25.8 Å². The number of hydrogen-bond acceptors (Lipinski definition) is 5. The van der Waals surface area contributed by atoms with E-state index in [1.807, 2.05) is 4.90 Å². The summed E-state index contributed by atoms with van der Waals surface area (Å²) in [5, 5.41) is 2.73. The van der Waals surface area contributed by atoms with E-state index < -0.39 is 0 Å². The molecule has 1 aliphatic rings. The van der Waals surface area contributed by atoms with Crippen molar-refractivity contribution in [3.8, 4) is 5.75 Å². The Balaban J connectivity index is 0.00000261. The van der Waals surface area contributed by atoms with E-state index >= 15 is 0 Å². The van der Waals surface area contributed by atoms with Crippen molar-refractivity contribution in [3.05, 3.63) is 48.4 Å². The van der Waals surface area contributed by atoms with Gasteiger partial charge < -0.3 is 25.1 Å². The second-order valence-corrected chi connectivity index (χ2v) is 6.22. The first-order chi connectivity index (χ1) is 12.7. The molecule has 146 valence electrons. The first-order valence-electron chi connectivity index (χ1n) is 8.74. The predicted molar refractivity (Wildman–Crippen MR) is 104 cm³/mol. The number of halogens is 1. The van der Waals surface area contributed by atoms with Gasteiger partial charge in [0.25, 0.3) is 11.8 Å². The Morgan fingerprint density at radius 3 is 2.85 bits per heavy atom. The number of nitrogens with two attached hydrogens (primary N) is 1. The largest absolute Gasteiger partial charge is 0.484 e. The number of nitrogens with one attached hydrogen (secondary N) is 1. The zero-order valence-electron chi connectivity index (χ0n) is 14.9. The molecule has 0 saturated carbocycles. The van der Waals surface area contributed by atoms with Crippen molar-refractivity contribution in [1.82, 2.24) is 4.90 Å². The van der Waals surface area contributed by atoms with Crippen molar-refractivity contribution >= 4 is 29.9 Å². The molecule has 1 unspecified atom stereocenters. The Morgan fingerprint density at radius 1 is 1.26 bits per heavy atom. The number of carbonyl (C=O) groups excluding carboxylic acids is 2. The zero-order chi connectivity index (χ0) is 18.4. The Labute approximate surface area is 164 Å². The van der Waals surface area contributed by atoms with E-state index in [1.165, 1.54) is 6.26 Å². The smallest absolute Gasteiger partial charge is 0.291 e. The van der Waals surface area contributed by atoms with Gasteiger partial charge in [0.15, 0.2) is 12.4 Å². The van der Waals surface area contributed by atoms with Gasteiger partial charge in [-0.15, -0.1) is 12.4 Å². The zero-order valence-corrected chi connectivity index (χ0v) is 15.7. The normalized spacial score (nSPS) is 16.3. The third-order valence-electron chi connectivity index (χ3n) is 4.42. The van der Waals surface area contributed by atoms with Crippen LogP contribution in [0.4, 0.5) is 5.69 Å². The lowest BCUT2D eigenvalue weighted by Crippen LogP contribution is -2.49. The summed E-state index contributed by atoms with van der Waals surface area (Å²) in [4.78, 5) is 26.2. The van der Waals surface area contributed by atoms with Crippen molar-refractivity contribution in [3.63, 3.8) is 0 Å². The molecule has 1 aromatic carbocycles. The number of anilines is 1. The van der Waals surface area contributed by atoms with Crippen LogP contribution in [0.5, 0.6) is 5.75 Å². The summed E-state index contributed by atoms with van der Waals surface area (Å²) in [7, 11) is 0. The molecule has 1 atom stereocenters. The van der Waals surface area contributed by atoms with Crippen molar-refractivity contribution in [2.45, 2.75) is 25.3 Å². The fraction of sp³-hybridized carbons (Fsp3) is 0.368. The highest BCUT2D eigenvalue weighted by atomic mass is 35.5. The van der Waals surface area contributed by atoms with Gasteiger partial charge >= 0.3 is 0 Å². The predicted octanol–water partition coefficient (Wildman–Crippen LogP) is 2.67. The van der Waals surface area contributed by atoms with Crippen LogP contribution in [0.1, 0.15) is 29.8 Å². The summed E-state index contributed by atoms with van der Waals surface area (Å²) >= 11 is 0. The third-order valence-corrected chi connectivity index (χ3v) is 4.42. The molecule has 0 bridgehead atoms. The van der Waals surface area contributed by atoms with Crippen LogP contribution in [0.3, 0.4) is 0 Å². The van der Waals surface area contributed by atoms with E-state index in [1.54, 1.807) is 36.4 Å². The van der Waals surface area contributed by atoms with Gasteiger partial charge in [0.2, 0.25) is 0 Å². The minimum Gasteiger partial charge on any atom is -0.484 e. The summed E-state index contributed by atoms with van der Waals surface area (Å²) in [5.74, 6) is 0.328.